The van der Waals surface area contributed by atoms with Crippen molar-refractivity contribution < 1.29 is 14.3 Å². The topological polar surface area (TPSA) is 60.2 Å². The molecule has 0 bridgehead atoms. The monoisotopic (exact) mass is 372 g/mol. The molecule has 0 radical (unpaired) electrons. The Labute approximate surface area is 157 Å². The highest BCUT2D eigenvalue weighted by Gasteiger charge is 2.08. The molecule has 0 saturated carbocycles. The molecule has 2 aromatic rings. The lowest BCUT2D eigenvalue weighted by Crippen LogP contribution is -2.25. The highest BCUT2D eigenvalue weighted by Crippen LogP contribution is 2.28. The molecule has 0 aliphatic carbocycles. The van der Waals surface area contributed by atoms with Gasteiger partial charge in [0.05, 0.1) is 29.5 Å². The Balaban J connectivity index is 1.37. The van der Waals surface area contributed by atoms with Crippen molar-refractivity contribution in [2.45, 2.75) is 32.1 Å². The number of methoxy groups -OCH3 is 1. The number of carbonyl (C=O) groups is 1. The molecule has 2 aromatic carbocycles. The lowest BCUT2D eigenvalue weighted by atomic mass is 10.1. The Morgan fingerprint density at radius 2 is 1.88 bits per heavy atom. The lowest BCUT2D eigenvalue weighted by molar-refractivity contribution is 0.256. The second-order valence-electron chi connectivity index (χ2n) is 6.10. The molecule has 5 nitrogen and oxygen atoms in total. The molecule has 0 spiro atoms. The standard InChI is InChI=1S/C20H21ClN2O3/c1-25-15-10-11-18(16(21)13-15)26-12-5-3-2-4-7-14-8-6-9-17-19(14)23-20(24)22-17/h6,8-11,13H,2-5,7,12H2,1H3. The fourth-order valence-corrected chi connectivity index (χ4v) is 3.13. The minimum absolute atomic E-state index is 0.401. The zero-order chi connectivity index (χ0) is 18.4. The van der Waals surface area contributed by atoms with Gasteiger partial charge in [0.25, 0.3) is 0 Å². The fourth-order valence-electron chi connectivity index (χ4n) is 2.90. The summed E-state index contributed by atoms with van der Waals surface area (Å²) in [6.45, 7) is 0.634. The van der Waals surface area contributed by atoms with Crippen LogP contribution in [0, 0.1) is 0 Å². The number of para-hydroxylation sites is 1. The number of carbonyl (C=O) groups excluding carboxylic acids is 1. The average molecular weight is 373 g/mol. The van der Waals surface area contributed by atoms with Gasteiger partial charge < -0.3 is 9.47 Å². The summed E-state index contributed by atoms with van der Waals surface area (Å²) in [5.74, 6) is 1.40. The molecular weight excluding hydrogens is 352 g/mol. The highest BCUT2D eigenvalue weighted by molar-refractivity contribution is 6.32. The molecule has 0 aromatic heterocycles. The van der Waals surface area contributed by atoms with E-state index >= 15 is 0 Å². The SMILES string of the molecule is COc1ccc(OCCCCCCc2cccc3c2=NC(=O)N=3)c(Cl)c1. The van der Waals surface area contributed by atoms with E-state index in [4.69, 9.17) is 21.1 Å². The van der Waals surface area contributed by atoms with Crippen LogP contribution in [0.3, 0.4) is 0 Å². The summed E-state index contributed by atoms with van der Waals surface area (Å²) in [7, 11) is 1.61. The third-order valence-corrected chi connectivity index (χ3v) is 4.55. The van der Waals surface area contributed by atoms with Crippen LogP contribution in [0.5, 0.6) is 11.5 Å². The van der Waals surface area contributed by atoms with Gasteiger partial charge in [-0.3, -0.25) is 0 Å². The fraction of sp³-hybridized carbons (Fsp3) is 0.350. The molecule has 26 heavy (non-hydrogen) atoms. The summed E-state index contributed by atoms with van der Waals surface area (Å²) in [6.07, 6.45) is 5.08. The molecule has 0 N–H and O–H groups in total. The maximum atomic E-state index is 11.3. The van der Waals surface area contributed by atoms with Crippen LogP contribution >= 0.6 is 11.6 Å². The number of benzene rings is 2. The van der Waals surface area contributed by atoms with Crippen molar-refractivity contribution in [2.75, 3.05) is 13.7 Å². The van der Waals surface area contributed by atoms with E-state index in [1.807, 2.05) is 30.3 Å². The van der Waals surface area contributed by atoms with Gasteiger partial charge in [-0.25, -0.2) is 4.79 Å². The molecule has 0 fully saturated rings. The van der Waals surface area contributed by atoms with E-state index in [9.17, 15) is 4.79 Å². The minimum Gasteiger partial charge on any atom is -0.497 e. The first-order chi connectivity index (χ1) is 12.7. The van der Waals surface area contributed by atoms with Crippen molar-refractivity contribution in [3.05, 3.63) is 57.7 Å². The maximum Gasteiger partial charge on any atom is 0.368 e. The predicted molar refractivity (Wildman–Crippen MR) is 99.8 cm³/mol. The Hall–Kier alpha value is -2.40. The molecule has 6 heteroatoms. The van der Waals surface area contributed by atoms with Crippen LogP contribution in [-0.2, 0) is 6.42 Å². The Morgan fingerprint density at radius 1 is 1.04 bits per heavy atom. The number of aryl methyl sites for hydroxylation is 1. The first-order valence-corrected chi connectivity index (χ1v) is 9.11. The van der Waals surface area contributed by atoms with Gasteiger partial charge in [0.2, 0.25) is 0 Å². The Morgan fingerprint density at radius 3 is 2.69 bits per heavy atom. The van der Waals surface area contributed by atoms with E-state index in [-0.39, 0.29) is 0 Å². The van der Waals surface area contributed by atoms with Gasteiger partial charge in [-0.2, -0.15) is 9.98 Å². The number of urea groups is 1. The van der Waals surface area contributed by atoms with Crippen LogP contribution < -0.4 is 20.2 Å². The molecule has 0 saturated heterocycles. The van der Waals surface area contributed by atoms with E-state index in [0.29, 0.717) is 22.7 Å². The molecule has 3 rings (SSSR count). The summed E-state index contributed by atoms with van der Waals surface area (Å²) in [4.78, 5) is 19.2. The normalized spacial score (nSPS) is 12.3. The van der Waals surface area contributed by atoms with Crippen LogP contribution in [-0.4, -0.2) is 19.7 Å². The van der Waals surface area contributed by atoms with Crippen molar-refractivity contribution in [1.29, 1.82) is 0 Å². The number of halogens is 1. The molecule has 1 aliphatic rings. The molecule has 2 amide bonds. The van der Waals surface area contributed by atoms with Gasteiger partial charge in [-0.1, -0.05) is 36.6 Å². The van der Waals surface area contributed by atoms with Crippen LogP contribution in [0.1, 0.15) is 31.2 Å². The van der Waals surface area contributed by atoms with Crippen LogP contribution in [0.25, 0.3) is 0 Å². The summed E-state index contributed by atoms with van der Waals surface area (Å²) < 4.78 is 10.8. The van der Waals surface area contributed by atoms with Crippen molar-refractivity contribution in [1.82, 2.24) is 0 Å². The van der Waals surface area contributed by atoms with Gasteiger partial charge in [-0.05, 0) is 43.0 Å². The zero-order valence-corrected chi connectivity index (χ0v) is 15.5. The molecule has 0 unspecified atom stereocenters. The first-order valence-electron chi connectivity index (χ1n) is 8.73. The number of hydrogen-bond donors (Lipinski definition) is 0. The Bertz CT molecular complexity index is 912. The molecule has 1 aliphatic heterocycles. The average Bonchev–Trinajstić information content (AvgIpc) is 3.03. The second-order valence-corrected chi connectivity index (χ2v) is 6.51. The maximum absolute atomic E-state index is 11.3. The van der Waals surface area contributed by atoms with Gasteiger partial charge in [0, 0.05) is 6.07 Å². The van der Waals surface area contributed by atoms with E-state index in [2.05, 4.69) is 9.98 Å². The summed E-state index contributed by atoms with van der Waals surface area (Å²) in [5, 5.41) is 2.00. The quantitative estimate of drug-likeness (QED) is 0.627. The third kappa shape index (κ3) is 4.61. The van der Waals surface area contributed by atoms with Crippen molar-refractivity contribution in [3.8, 4) is 11.5 Å². The zero-order valence-electron chi connectivity index (χ0n) is 14.7. The van der Waals surface area contributed by atoms with E-state index in [0.717, 1.165) is 48.8 Å². The number of unbranched alkanes of at least 4 members (excludes halogenated alkanes) is 3. The van der Waals surface area contributed by atoms with E-state index in [1.54, 1.807) is 13.2 Å². The molecule has 136 valence electrons. The van der Waals surface area contributed by atoms with Crippen molar-refractivity contribution in [2.24, 2.45) is 9.98 Å². The molecular formula is C20H21ClN2O3. The number of ether oxygens (including phenoxy) is 2. The number of hydrogen-bond acceptors (Lipinski definition) is 3. The van der Waals surface area contributed by atoms with Crippen LogP contribution in [0.4, 0.5) is 4.79 Å². The number of amides is 2. The van der Waals surface area contributed by atoms with Crippen LogP contribution in [0.2, 0.25) is 5.02 Å². The third-order valence-electron chi connectivity index (χ3n) is 4.26. The second kappa shape index (κ2) is 8.81. The summed E-state index contributed by atoms with van der Waals surface area (Å²) in [5.41, 5.74) is 1.10. The minimum atomic E-state index is -0.401. The lowest BCUT2D eigenvalue weighted by Gasteiger charge is -2.09. The Kier molecular flexibility index (Phi) is 6.23. The van der Waals surface area contributed by atoms with Gasteiger partial charge in [0.1, 0.15) is 11.5 Å². The van der Waals surface area contributed by atoms with Crippen molar-refractivity contribution >= 4 is 17.6 Å². The summed E-state index contributed by atoms with van der Waals surface area (Å²) in [6, 6.07) is 10.8. The summed E-state index contributed by atoms with van der Waals surface area (Å²) >= 11 is 6.15. The van der Waals surface area contributed by atoms with E-state index in [1.165, 1.54) is 0 Å². The van der Waals surface area contributed by atoms with E-state index < -0.39 is 6.03 Å². The van der Waals surface area contributed by atoms with Gasteiger partial charge >= 0.3 is 6.03 Å². The first kappa shape index (κ1) is 18.4. The van der Waals surface area contributed by atoms with Crippen molar-refractivity contribution in [3.63, 3.8) is 0 Å². The number of nitrogens with zero attached hydrogens (tertiary/aromatic N) is 2. The number of fused-ring (bicyclic) bond motifs is 1. The highest BCUT2D eigenvalue weighted by atomic mass is 35.5. The molecule has 1 heterocycles. The molecule has 0 atom stereocenters. The van der Waals surface area contributed by atoms with Gasteiger partial charge in [-0.15, -0.1) is 0 Å². The number of rotatable bonds is 9. The smallest absolute Gasteiger partial charge is 0.368 e. The van der Waals surface area contributed by atoms with Crippen LogP contribution in [0.15, 0.2) is 46.4 Å². The predicted octanol–water partition coefficient (Wildman–Crippen LogP) is 3.90. The van der Waals surface area contributed by atoms with Gasteiger partial charge in [0.15, 0.2) is 0 Å². The largest absolute Gasteiger partial charge is 0.497 e.